The minimum absolute atomic E-state index is 0.220. The molecular formula is C14H19N3O. The molecule has 0 aliphatic carbocycles. The van der Waals surface area contributed by atoms with Crippen LogP contribution in [0.5, 0.6) is 0 Å². The summed E-state index contributed by atoms with van der Waals surface area (Å²) in [5, 5.41) is 7.59. The van der Waals surface area contributed by atoms with Gasteiger partial charge in [-0.3, -0.25) is 4.68 Å². The number of ether oxygens (including phenoxy) is 1. The van der Waals surface area contributed by atoms with Gasteiger partial charge in [-0.25, -0.2) is 0 Å². The molecule has 0 amide bonds. The van der Waals surface area contributed by atoms with Gasteiger partial charge in [0.25, 0.3) is 0 Å². The molecule has 1 aromatic carbocycles. The van der Waals surface area contributed by atoms with Crippen molar-refractivity contribution in [2.24, 2.45) is 0 Å². The zero-order valence-corrected chi connectivity index (χ0v) is 10.8. The van der Waals surface area contributed by atoms with E-state index in [0.717, 1.165) is 12.1 Å². The average Bonchev–Trinajstić information content (AvgIpc) is 2.89. The molecular weight excluding hydrogens is 226 g/mol. The van der Waals surface area contributed by atoms with Crippen molar-refractivity contribution in [2.75, 3.05) is 27.3 Å². The van der Waals surface area contributed by atoms with E-state index >= 15 is 0 Å². The highest BCUT2D eigenvalue weighted by atomic mass is 16.5. The molecule has 1 aromatic heterocycles. The lowest BCUT2D eigenvalue weighted by molar-refractivity contribution is 0.149. The zero-order valence-electron chi connectivity index (χ0n) is 10.8. The molecule has 0 aliphatic rings. The molecule has 0 fully saturated rings. The van der Waals surface area contributed by atoms with Crippen molar-refractivity contribution in [3.05, 3.63) is 42.7 Å². The Labute approximate surface area is 108 Å². The molecule has 0 saturated carbocycles. The highest BCUT2D eigenvalue weighted by Crippen LogP contribution is 2.19. The van der Waals surface area contributed by atoms with Gasteiger partial charge >= 0.3 is 0 Å². The zero-order chi connectivity index (χ0) is 12.8. The van der Waals surface area contributed by atoms with Gasteiger partial charge in [0.05, 0.1) is 18.8 Å². The van der Waals surface area contributed by atoms with Crippen LogP contribution < -0.4 is 5.32 Å². The predicted octanol–water partition coefficient (Wildman–Crippen LogP) is 1.96. The molecule has 4 heteroatoms. The van der Waals surface area contributed by atoms with Crippen LogP contribution in [-0.4, -0.2) is 37.1 Å². The Kier molecular flexibility index (Phi) is 4.50. The van der Waals surface area contributed by atoms with Gasteiger partial charge in [0.1, 0.15) is 0 Å². The lowest BCUT2D eigenvalue weighted by Crippen LogP contribution is -2.26. The van der Waals surface area contributed by atoms with Crippen LogP contribution in [0.25, 0.3) is 11.1 Å². The monoisotopic (exact) mass is 245 g/mol. The SMILES string of the molecule is CNCC(COC)n1cc(-c2ccccc2)cn1. The molecule has 0 bridgehead atoms. The molecule has 1 N–H and O–H groups in total. The number of likely N-dealkylation sites (N-methyl/N-ethyl adjacent to an activating group) is 1. The van der Waals surface area contributed by atoms with E-state index in [9.17, 15) is 0 Å². The average molecular weight is 245 g/mol. The van der Waals surface area contributed by atoms with Crippen molar-refractivity contribution in [3.8, 4) is 11.1 Å². The summed E-state index contributed by atoms with van der Waals surface area (Å²) in [6, 6.07) is 10.5. The quantitative estimate of drug-likeness (QED) is 0.845. The summed E-state index contributed by atoms with van der Waals surface area (Å²) in [7, 11) is 3.65. The molecule has 96 valence electrons. The minimum atomic E-state index is 0.220. The lowest BCUT2D eigenvalue weighted by Gasteiger charge is -2.15. The van der Waals surface area contributed by atoms with Crippen molar-refractivity contribution in [1.82, 2.24) is 15.1 Å². The van der Waals surface area contributed by atoms with Gasteiger partial charge in [0.2, 0.25) is 0 Å². The largest absolute Gasteiger partial charge is 0.382 e. The summed E-state index contributed by atoms with van der Waals surface area (Å²) in [5.74, 6) is 0. The first-order valence-corrected chi connectivity index (χ1v) is 6.08. The third-order valence-electron chi connectivity index (χ3n) is 2.88. The summed E-state index contributed by atoms with van der Waals surface area (Å²) < 4.78 is 7.19. The molecule has 18 heavy (non-hydrogen) atoms. The number of benzene rings is 1. The predicted molar refractivity (Wildman–Crippen MR) is 72.5 cm³/mol. The Morgan fingerprint density at radius 2 is 2.06 bits per heavy atom. The number of methoxy groups -OCH3 is 1. The van der Waals surface area contributed by atoms with Crippen LogP contribution >= 0.6 is 0 Å². The third-order valence-corrected chi connectivity index (χ3v) is 2.88. The molecule has 1 heterocycles. The van der Waals surface area contributed by atoms with Crippen LogP contribution in [0.15, 0.2) is 42.7 Å². The van der Waals surface area contributed by atoms with E-state index < -0.39 is 0 Å². The highest BCUT2D eigenvalue weighted by molar-refractivity contribution is 5.61. The molecule has 0 saturated heterocycles. The molecule has 1 unspecified atom stereocenters. The van der Waals surface area contributed by atoms with Crippen LogP contribution in [0.1, 0.15) is 6.04 Å². The number of hydrogen-bond acceptors (Lipinski definition) is 3. The summed E-state index contributed by atoms with van der Waals surface area (Å²) >= 11 is 0. The van der Waals surface area contributed by atoms with Gasteiger partial charge in [-0.1, -0.05) is 30.3 Å². The van der Waals surface area contributed by atoms with E-state index in [-0.39, 0.29) is 6.04 Å². The molecule has 0 spiro atoms. The maximum absolute atomic E-state index is 5.23. The van der Waals surface area contributed by atoms with E-state index in [1.807, 2.05) is 36.1 Å². The number of rotatable bonds is 6. The van der Waals surface area contributed by atoms with Crippen molar-refractivity contribution >= 4 is 0 Å². The Balaban J connectivity index is 2.18. The molecule has 0 radical (unpaired) electrons. The van der Waals surface area contributed by atoms with Crippen LogP contribution in [0, 0.1) is 0 Å². The maximum Gasteiger partial charge on any atom is 0.0876 e. The first-order chi connectivity index (χ1) is 8.85. The number of nitrogens with zero attached hydrogens (tertiary/aromatic N) is 2. The van der Waals surface area contributed by atoms with Crippen molar-refractivity contribution < 1.29 is 4.74 Å². The van der Waals surface area contributed by atoms with Gasteiger partial charge in [0.15, 0.2) is 0 Å². The Morgan fingerprint density at radius 1 is 1.28 bits per heavy atom. The van der Waals surface area contributed by atoms with Gasteiger partial charge in [-0.15, -0.1) is 0 Å². The second-order valence-electron chi connectivity index (χ2n) is 4.24. The Bertz CT molecular complexity index is 461. The van der Waals surface area contributed by atoms with Crippen molar-refractivity contribution in [2.45, 2.75) is 6.04 Å². The van der Waals surface area contributed by atoms with Gasteiger partial charge in [-0.05, 0) is 12.6 Å². The highest BCUT2D eigenvalue weighted by Gasteiger charge is 2.11. The van der Waals surface area contributed by atoms with Crippen molar-refractivity contribution in [1.29, 1.82) is 0 Å². The number of hydrogen-bond donors (Lipinski definition) is 1. The molecule has 1 atom stereocenters. The second-order valence-corrected chi connectivity index (χ2v) is 4.24. The number of aromatic nitrogens is 2. The van der Waals surface area contributed by atoms with Gasteiger partial charge < -0.3 is 10.1 Å². The summed E-state index contributed by atoms with van der Waals surface area (Å²) in [4.78, 5) is 0. The summed E-state index contributed by atoms with van der Waals surface area (Å²) in [6.45, 7) is 1.49. The Hall–Kier alpha value is -1.65. The van der Waals surface area contributed by atoms with Gasteiger partial charge in [-0.2, -0.15) is 5.10 Å². The van der Waals surface area contributed by atoms with Gasteiger partial charge in [0, 0.05) is 25.4 Å². The smallest absolute Gasteiger partial charge is 0.0876 e. The lowest BCUT2D eigenvalue weighted by atomic mass is 10.1. The standard InChI is InChI=1S/C14H19N3O/c1-15-9-14(11-18-2)17-10-13(8-16-17)12-6-4-3-5-7-12/h3-8,10,14-15H,9,11H2,1-2H3. The normalized spacial score (nSPS) is 12.6. The van der Waals surface area contributed by atoms with Crippen LogP contribution in [0.4, 0.5) is 0 Å². The molecule has 0 aliphatic heterocycles. The Morgan fingerprint density at radius 3 is 2.72 bits per heavy atom. The fourth-order valence-electron chi connectivity index (χ4n) is 1.97. The maximum atomic E-state index is 5.23. The first kappa shape index (κ1) is 12.8. The molecule has 2 aromatic rings. The fourth-order valence-corrected chi connectivity index (χ4v) is 1.97. The van der Waals surface area contributed by atoms with E-state index in [0.29, 0.717) is 6.61 Å². The van der Waals surface area contributed by atoms with E-state index in [4.69, 9.17) is 4.74 Å². The summed E-state index contributed by atoms with van der Waals surface area (Å²) in [6.07, 6.45) is 3.96. The van der Waals surface area contributed by atoms with E-state index in [1.54, 1.807) is 7.11 Å². The van der Waals surface area contributed by atoms with Crippen LogP contribution in [0.2, 0.25) is 0 Å². The van der Waals surface area contributed by atoms with Crippen LogP contribution in [-0.2, 0) is 4.74 Å². The van der Waals surface area contributed by atoms with Crippen molar-refractivity contribution in [3.63, 3.8) is 0 Å². The topological polar surface area (TPSA) is 39.1 Å². The fraction of sp³-hybridized carbons (Fsp3) is 0.357. The number of nitrogens with one attached hydrogen (secondary N) is 1. The molecule has 4 nitrogen and oxygen atoms in total. The summed E-state index contributed by atoms with van der Waals surface area (Å²) in [5.41, 5.74) is 2.32. The minimum Gasteiger partial charge on any atom is -0.382 e. The third kappa shape index (κ3) is 2.97. The van der Waals surface area contributed by atoms with E-state index in [2.05, 4.69) is 28.7 Å². The second kappa shape index (κ2) is 6.33. The van der Waals surface area contributed by atoms with E-state index in [1.165, 1.54) is 5.56 Å². The molecule has 2 rings (SSSR count). The first-order valence-electron chi connectivity index (χ1n) is 6.08. The van der Waals surface area contributed by atoms with Crippen LogP contribution in [0.3, 0.4) is 0 Å².